The molecule has 3 atom stereocenters. The van der Waals surface area contributed by atoms with Gasteiger partial charge >= 0.3 is 0 Å². The second-order valence-corrected chi connectivity index (χ2v) is 7.80. The molecule has 2 aromatic rings. The average molecular weight is 408 g/mol. The number of alkyl halides is 1. The molecule has 108 valence electrons. The van der Waals surface area contributed by atoms with Crippen molar-refractivity contribution in [3.63, 3.8) is 0 Å². The monoisotopic (exact) mass is 406 g/mol. The van der Waals surface area contributed by atoms with E-state index in [4.69, 9.17) is 4.74 Å². The molecule has 0 spiro atoms. The zero-order valence-electron chi connectivity index (χ0n) is 11.6. The summed E-state index contributed by atoms with van der Waals surface area (Å²) in [4.78, 5) is 0.368. The molecule has 21 heavy (non-hydrogen) atoms. The molecule has 1 fully saturated rings. The predicted octanol–water partition coefficient (Wildman–Crippen LogP) is 5.62. The summed E-state index contributed by atoms with van der Waals surface area (Å²) >= 11 is 7.57. The van der Waals surface area contributed by atoms with E-state index < -0.39 is 0 Å². The van der Waals surface area contributed by atoms with Crippen molar-refractivity contribution in [2.75, 3.05) is 6.61 Å². The largest absolute Gasteiger partial charge is 0.493 e. The van der Waals surface area contributed by atoms with Gasteiger partial charge in [-0.25, -0.2) is 0 Å². The Bertz CT molecular complexity index is 668. The zero-order chi connectivity index (χ0) is 14.4. The maximum Gasteiger partial charge on any atom is 0.127 e. The molecule has 3 unspecified atom stereocenters. The molecule has 0 radical (unpaired) electrons. The minimum Gasteiger partial charge on any atom is -0.493 e. The minimum atomic E-state index is 0.368. The molecular formula is C18H16Br2O. The maximum atomic E-state index is 5.87. The Balaban J connectivity index is 1.61. The smallest absolute Gasteiger partial charge is 0.127 e. The molecule has 1 aliphatic carbocycles. The van der Waals surface area contributed by atoms with Gasteiger partial charge in [0.25, 0.3) is 0 Å². The quantitative estimate of drug-likeness (QED) is 0.599. The topological polar surface area (TPSA) is 9.23 Å². The van der Waals surface area contributed by atoms with Gasteiger partial charge in [0.1, 0.15) is 5.75 Å². The molecule has 0 amide bonds. The summed E-state index contributed by atoms with van der Waals surface area (Å²) in [5.41, 5.74) is 4.10. The van der Waals surface area contributed by atoms with Crippen LogP contribution in [0.3, 0.4) is 0 Å². The summed E-state index contributed by atoms with van der Waals surface area (Å²) in [6.45, 7) is 0.811. The zero-order valence-corrected chi connectivity index (χ0v) is 14.7. The van der Waals surface area contributed by atoms with Crippen molar-refractivity contribution in [1.29, 1.82) is 0 Å². The van der Waals surface area contributed by atoms with E-state index in [9.17, 15) is 0 Å². The molecule has 1 saturated carbocycles. The van der Waals surface area contributed by atoms with Gasteiger partial charge in [0.15, 0.2) is 0 Å². The van der Waals surface area contributed by atoms with E-state index >= 15 is 0 Å². The lowest BCUT2D eigenvalue weighted by molar-refractivity contribution is 0.352. The Morgan fingerprint density at radius 1 is 1.14 bits per heavy atom. The first-order chi connectivity index (χ1) is 10.2. The summed E-state index contributed by atoms with van der Waals surface area (Å²) < 4.78 is 7.03. The summed E-state index contributed by atoms with van der Waals surface area (Å²) in [7, 11) is 0. The van der Waals surface area contributed by atoms with Gasteiger partial charge in [-0.2, -0.15) is 0 Å². The van der Waals surface area contributed by atoms with Crippen LogP contribution >= 0.6 is 31.9 Å². The van der Waals surface area contributed by atoms with Gasteiger partial charge < -0.3 is 4.74 Å². The highest BCUT2D eigenvalue weighted by Crippen LogP contribution is 2.59. The van der Waals surface area contributed by atoms with E-state index in [0.717, 1.165) is 23.2 Å². The van der Waals surface area contributed by atoms with Crippen LogP contribution in [-0.4, -0.2) is 6.61 Å². The normalized spacial score (nSPS) is 24.3. The first-order valence-corrected chi connectivity index (χ1v) is 9.09. The van der Waals surface area contributed by atoms with Gasteiger partial charge in [-0.3, -0.25) is 0 Å². The lowest BCUT2D eigenvalue weighted by Gasteiger charge is -2.15. The minimum absolute atomic E-state index is 0.368. The molecule has 1 aliphatic heterocycles. The fourth-order valence-electron chi connectivity index (χ4n) is 3.36. The molecule has 0 aromatic heterocycles. The number of hydrogen-bond donors (Lipinski definition) is 0. The van der Waals surface area contributed by atoms with Crippen LogP contribution in [0.2, 0.25) is 0 Å². The van der Waals surface area contributed by atoms with Crippen molar-refractivity contribution in [2.45, 2.75) is 23.6 Å². The number of hydrogen-bond acceptors (Lipinski definition) is 1. The lowest BCUT2D eigenvalue weighted by Crippen LogP contribution is -1.98. The van der Waals surface area contributed by atoms with Crippen LogP contribution in [0.15, 0.2) is 46.9 Å². The second kappa shape index (κ2) is 5.44. The van der Waals surface area contributed by atoms with Crippen LogP contribution in [0.4, 0.5) is 0 Å². The van der Waals surface area contributed by atoms with Crippen molar-refractivity contribution < 1.29 is 4.74 Å². The van der Waals surface area contributed by atoms with Gasteiger partial charge in [-0.15, -0.1) is 0 Å². The highest BCUT2D eigenvalue weighted by molar-refractivity contribution is 9.10. The SMILES string of the molecule is Brc1cc2c(c(C(Br)C3CC3c3ccccc3)c1)OCC2. The van der Waals surface area contributed by atoms with Crippen LogP contribution < -0.4 is 4.74 Å². The van der Waals surface area contributed by atoms with E-state index in [0.29, 0.717) is 16.7 Å². The van der Waals surface area contributed by atoms with E-state index in [1.807, 2.05) is 0 Å². The van der Waals surface area contributed by atoms with Crippen molar-refractivity contribution in [1.82, 2.24) is 0 Å². The van der Waals surface area contributed by atoms with Crippen molar-refractivity contribution in [2.24, 2.45) is 5.92 Å². The Kier molecular flexibility index (Phi) is 3.58. The third-order valence-electron chi connectivity index (χ3n) is 4.52. The van der Waals surface area contributed by atoms with Crippen molar-refractivity contribution in [3.8, 4) is 5.75 Å². The lowest BCUT2D eigenvalue weighted by atomic mass is 10.0. The van der Waals surface area contributed by atoms with Crippen LogP contribution in [0.5, 0.6) is 5.75 Å². The molecule has 0 N–H and O–H groups in total. The summed E-state index contributed by atoms with van der Waals surface area (Å²) in [5, 5.41) is 0. The molecule has 1 heterocycles. The van der Waals surface area contributed by atoms with Crippen LogP contribution in [0, 0.1) is 5.92 Å². The maximum absolute atomic E-state index is 5.87. The second-order valence-electron chi connectivity index (χ2n) is 5.90. The standard InChI is InChI=1S/C18H16Br2O/c19-13-8-12-6-7-21-18(12)16(9-13)17(20)15-10-14(15)11-4-2-1-3-5-11/h1-5,8-9,14-15,17H,6-7,10H2. The van der Waals surface area contributed by atoms with E-state index in [2.05, 4.69) is 74.3 Å². The Labute approximate surface area is 142 Å². The van der Waals surface area contributed by atoms with E-state index in [-0.39, 0.29) is 0 Å². The Hall–Kier alpha value is -0.800. The summed E-state index contributed by atoms with van der Waals surface area (Å²) in [5.74, 6) is 2.44. The predicted molar refractivity (Wildman–Crippen MR) is 92.3 cm³/mol. The summed E-state index contributed by atoms with van der Waals surface area (Å²) in [6, 6.07) is 15.2. The van der Waals surface area contributed by atoms with Crippen LogP contribution in [-0.2, 0) is 6.42 Å². The highest BCUT2D eigenvalue weighted by atomic mass is 79.9. The van der Waals surface area contributed by atoms with E-state index in [1.165, 1.54) is 23.1 Å². The van der Waals surface area contributed by atoms with Gasteiger partial charge in [-0.1, -0.05) is 62.2 Å². The van der Waals surface area contributed by atoms with Crippen LogP contribution in [0.25, 0.3) is 0 Å². The molecule has 0 saturated heterocycles. The first kappa shape index (κ1) is 13.8. The highest BCUT2D eigenvalue weighted by Gasteiger charge is 2.44. The van der Waals surface area contributed by atoms with Crippen molar-refractivity contribution in [3.05, 3.63) is 63.6 Å². The number of ether oxygens (including phenoxy) is 1. The average Bonchev–Trinajstić information content (AvgIpc) is 3.17. The third kappa shape index (κ3) is 2.55. The number of rotatable bonds is 3. The molecule has 1 nitrogen and oxygen atoms in total. The van der Waals surface area contributed by atoms with Gasteiger partial charge in [0.2, 0.25) is 0 Å². The molecule has 2 aliphatic rings. The van der Waals surface area contributed by atoms with Gasteiger partial charge in [-0.05, 0) is 41.5 Å². The number of fused-ring (bicyclic) bond motifs is 1. The molecular weight excluding hydrogens is 392 g/mol. The Morgan fingerprint density at radius 2 is 1.95 bits per heavy atom. The van der Waals surface area contributed by atoms with Crippen LogP contribution in [0.1, 0.15) is 33.9 Å². The number of benzene rings is 2. The number of halogens is 2. The molecule has 2 aromatic carbocycles. The molecule has 4 rings (SSSR count). The summed E-state index contributed by atoms with van der Waals surface area (Å²) in [6.07, 6.45) is 2.27. The van der Waals surface area contributed by atoms with Gasteiger partial charge in [0, 0.05) is 21.3 Å². The third-order valence-corrected chi connectivity index (χ3v) is 6.15. The molecule has 0 bridgehead atoms. The van der Waals surface area contributed by atoms with E-state index in [1.54, 1.807) is 0 Å². The van der Waals surface area contributed by atoms with Gasteiger partial charge in [0.05, 0.1) is 6.61 Å². The Morgan fingerprint density at radius 3 is 2.76 bits per heavy atom. The first-order valence-electron chi connectivity index (χ1n) is 7.38. The fraction of sp³-hybridized carbons (Fsp3) is 0.333. The molecule has 3 heteroatoms. The fourth-order valence-corrected chi connectivity index (χ4v) is 4.80. The van der Waals surface area contributed by atoms with Crippen molar-refractivity contribution >= 4 is 31.9 Å².